The number of carbonyl (C=O) groups excluding carboxylic acids is 3. The summed E-state index contributed by atoms with van der Waals surface area (Å²) in [5.74, 6) is -0.998. The highest BCUT2D eigenvalue weighted by molar-refractivity contribution is 6.00. The molecule has 0 rings (SSSR count). The smallest absolute Gasteiger partial charge is 0.249 e. The van der Waals surface area contributed by atoms with Crippen molar-refractivity contribution in [1.82, 2.24) is 10.6 Å². The summed E-state index contributed by atoms with van der Waals surface area (Å²) in [7, 11) is 0. The predicted molar refractivity (Wildman–Crippen MR) is 51.3 cm³/mol. The van der Waals surface area contributed by atoms with Crippen molar-refractivity contribution in [3.63, 3.8) is 0 Å². The molecule has 5 heteroatoms. The highest BCUT2D eigenvalue weighted by Gasteiger charge is 2.03. The van der Waals surface area contributed by atoms with Crippen molar-refractivity contribution in [1.29, 1.82) is 0 Å². The number of rotatable bonds is 5. The summed E-state index contributed by atoms with van der Waals surface area (Å²) < 4.78 is 0. The van der Waals surface area contributed by atoms with Crippen molar-refractivity contribution in [3.8, 4) is 0 Å². The first-order valence-corrected chi connectivity index (χ1v) is 4.27. The molecule has 0 heterocycles. The lowest BCUT2D eigenvalue weighted by Crippen LogP contribution is -2.29. The molecule has 0 aliphatic carbocycles. The first-order chi connectivity index (χ1) is 6.56. The van der Waals surface area contributed by atoms with Gasteiger partial charge in [-0.3, -0.25) is 19.7 Å². The van der Waals surface area contributed by atoms with Crippen LogP contribution >= 0.6 is 0 Å². The molecule has 0 fully saturated rings. The van der Waals surface area contributed by atoms with Crippen molar-refractivity contribution < 1.29 is 14.4 Å². The van der Waals surface area contributed by atoms with Crippen LogP contribution in [0.2, 0.25) is 0 Å². The van der Waals surface area contributed by atoms with Crippen LogP contribution in [0.1, 0.15) is 19.8 Å². The Labute approximate surface area is 82.6 Å². The Balaban J connectivity index is 3.49. The van der Waals surface area contributed by atoms with E-state index in [0.29, 0.717) is 13.0 Å². The van der Waals surface area contributed by atoms with Gasteiger partial charge in [0.05, 0.1) is 0 Å². The molecule has 3 amide bonds. The number of hydrogen-bond acceptors (Lipinski definition) is 3. The fourth-order valence-electron chi connectivity index (χ4n) is 0.764. The van der Waals surface area contributed by atoms with Crippen LogP contribution in [0.3, 0.4) is 0 Å². The fraction of sp³-hybridized carbons (Fsp3) is 0.444. The lowest BCUT2D eigenvalue weighted by molar-refractivity contribution is -0.128. The number of nitrogens with one attached hydrogen (secondary N) is 2. The zero-order valence-electron chi connectivity index (χ0n) is 8.13. The van der Waals surface area contributed by atoms with Crippen LogP contribution in [0, 0.1) is 0 Å². The minimum atomic E-state index is -0.505. The summed E-state index contributed by atoms with van der Waals surface area (Å²) in [4.78, 5) is 32.0. The van der Waals surface area contributed by atoms with Gasteiger partial charge in [-0.25, -0.2) is 0 Å². The largest absolute Gasteiger partial charge is 0.356 e. The topological polar surface area (TPSA) is 75.3 Å². The van der Waals surface area contributed by atoms with Crippen molar-refractivity contribution in [2.45, 2.75) is 19.8 Å². The van der Waals surface area contributed by atoms with Crippen LogP contribution in [-0.2, 0) is 14.4 Å². The van der Waals surface area contributed by atoms with Gasteiger partial charge in [-0.15, -0.1) is 0 Å². The minimum Gasteiger partial charge on any atom is -0.356 e. The first-order valence-electron chi connectivity index (χ1n) is 4.27. The third kappa shape index (κ3) is 7.02. The predicted octanol–water partition coefficient (Wildman–Crippen LogP) is -0.269. The Morgan fingerprint density at radius 3 is 2.50 bits per heavy atom. The van der Waals surface area contributed by atoms with E-state index in [1.807, 2.05) is 0 Å². The molecule has 0 aliphatic rings. The third-order valence-electron chi connectivity index (χ3n) is 1.40. The summed E-state index contributed by atoms with van der Waals surface area (Å²) in [6.07, 6.45) is 1.75. The average Bonchev–Trinajstić information content (AvgIpc) is 2.12. The Morgan fingerprint density at radius 2 is 2.00 bits per heavy atom. The summed E-state index contributed by atoms with van der Waals surface area (Å²) >= 11 is 0. The Bertz CT molecular complexity index is 248. The van der Waals surface area contributed by atoms with Gasteiger partial charge in [0.1, 0.15) is 0 Å². The number of hydrogen-bond donors (Lipinski definition) is 2. The van der Waals surface area contributed by atoms with E-state index in [1.54, 1.807) is 0 Å². The van der Waals surface area contributed by atoms with Crippen LogP contribution in [-0.4, -0.2) is 24.3 Å². The van der Waals surface area contributed by atoms with Gasteiger partial charge >= 0.3 is 0 Å². The average molecular weight is 198 g/mol. The second kappa shape index (κ2) is 6.82. The lowest BCUT2D eigenvalue weighted by atomic mass is 10.3. The van der Waals surface area contributed by atoms with Gasteiger partial charge in [0, 0.05) is 19.9 Å². The molecule has 0 aliphatic heterocycles. The summed E-state index contributed by atoms with van der Waals surface area (Å²) in [6, 6.07) is 0. The molecular weight excluding hydrogens is 184 g/mol. The quantitative estimate of drug-likeness (QED) is 0.471. The number of carbonyl (C=O) groups is 3. The molecule has 0 atom stereocenters. The van der Waals surface area contributed by atoms with E-state index in [9.17, 15) is 14.4 Å². The number of imide groups is 1. The Morgan fingerprint density at radius 1 is 1.36 bits per heavy atom. The molecule has 0 aromatic heterocycles. The summed E-state index contributed by atoms with van der Waals surface area (Å²) in [5.41, 5.74) is 0. The van der Waals surface area contributed by atoms with E-state index >= 15 is 0 Å². The molecular formula is C9H14N2O3. The molecule has 5 nitrogen and oxygen atoms in total. The van der Waals surface area contributed by atoms with Crippen molar-refractivity contribution in [3.05, 3.63) is 12.7 Å². The molecule has 0 aromatic carbocycles. The standard InChI is InChI=1S/C9H14N2O3/c1-3-8(13)11-9(14)5-4-6-10-7(2)12/h3H,1,4-6H2,2H3,(H,10,12)(H,11,13,14). The van der Waals surface area contributed by atoms with Gasteiger partial charge in [-0.05, 0) is 12.5 Å². The van der Waals surface area contributed by atoms with Gasteiger partial charge < -0.3 is 5.32 Å². The maximum Gasteiger partial charge on any atom is 0.249 e. The highest BCUT2D eigenvalue weighted by atomic mass is 16.2. The molecule has 0 aromatic rings. The third-order valence-corrected chi connectivity index (χ3v) is 1.40. The monoisotopic (exact) mass is 198 g/mol. The maximum atomic E-state index is 11.0. The molecule has 2 N–H and O–H groups in total. The van der Waals surface area contributed by atoms with E-state index < -0.39 is 5.91 Å². The van der Waals surface area contributed by atoms with Crippen molar-refractivity contribution >= 4 is 17.7 Å². The fourth-order valence-corrected chi connectivity index (χ4v) is 0.764. The maximum absolute atomic E-state index is 11.0. The molecule has 78 valence electrons. The van der Waals surface area contributed by atoms with Crippen LogP contribution < -0.4 is 10.6 Å². The van der Waals surface area contributed by atoms with Crippen LogP contribution in [0.5, 0.6) is 0 Å². The molecule has 0 bridgehead atoms. The summed E-state index contributed by atoms with van der Waals surface area (Å²) in [5, 5.41) is 4.65. The van der Waals surface area contributed by atoms with Gasteiger partial charge in [-0.1, -0.05) is 6.58 Å². The zero-order valence-corrected chi connectivity index (χ0v) is 8.13. The minimum absolute atomic E-state index is 0.132. The first kappa shape index (κ1) is 12.3. The van der Waals surface area contributed by atoms with E-state index in [-0.39, 0.29) is 18.2 Å². The zero-order chi connectivity index (χ0) is 11.0. The van der Waals surface area contributed by atoms with Gasteiger partial charge in [-0.2, -0.15) is 0 Å². The molecule has 0 saturated carbocycles. The van der Waals surface area contributed by atoms with E-state index in [0.717, 1.165) is 6.08 Å². The molecule has 0 unspecified atom stereocenters. The normalized spacial score (nSPS) is 8.93. The van der Waals surface area contributed by atoms with Gasteiger partial charge in [0.2, 0.25) is 17.7 Å². The van der Waals surface area contributed by atoms with E-state index in [2.05, 4.69) is 17.2 Å². The second-order valence-corrected chi connectivity index (χ2v) is 2.70. The van der Waals surface area contributed by atoms with Crippen molar-refractivity contribution in [2.75, 3.05) is 6.54 Å². The van der Waals surface area contributed by atoms with Gasteiger partial charge in [0.15, 0.2) is 0 Å². The molecule has 0 saturated heterocycles. The van der Waals surface area contributed by atoms with Crippen LogP contribution in [0.25, 0.3) is 0 Å². The lowest BCUT2D eigenvalue weighted by Gasteiger charge is -2.01. The highest BCUT2D eigenvalue weighted by Crippen LogP contribution is 1.87. The van der Waals surface area contributed by atoms with Gasteiger partial charge in [0.25, 0.3) is 0 Å². The van der Waals surface area contributed by atoms with E-state index in [4.69, 9.17) is 0 Å². The van der Waals surface area contributed by atoms with Crippen molar-refractivity contribution in [2.24, 2.45) is 0 Å². The molecule has 0 spiro atoms. The SMILES string of the molecule is C=CC(=O)NC(=O)CCCNC(C)=O. The Hall–Kier alpha value is -1.65. The Kier molecular flexibility index (Phi) is 6.02. The summed E-state index contributed by atoms with van der Waals surface area (Å²) in [6.45, 7) is 5.05. The van der Waals surface area contributed by atoms with Crippen LogP contribution in [0.15, 0.2) is 12.7 Å². The molecule has 14 heavy (non-hydrogen) atoms. The number of amides is 3. The van der Waals surface area contributed by atoms with E-state index in [1.165, 1.54) is 6.92 Å². The second-order valence-electron chi connectivity index (χ2n) is 2.70. The van der Waals surface area contributed by atoms with Crippen LogP contribution in [0.4, 0.5) is 0 Å². The molecule has 0 radical (unpaired) electrons.